The monoisotopic (exact) mass is 459 g/mol. The van der Waals surface area contributed by atoms with Gasteiger partial charge in [0.2, 0.25) is 0 Å². The van der Waals surface area contributed by atoms with Crippen molar-refractivity contribution in [2.45, 2.75) is 12.5 Å². The van der Waals surface area contributed by atoms with Crippen molar-refractivity contribution < 1.29 is 32.7 Å². The molecule has 0 saturated heterocycles. The van der Waals surface area contributed by atoms with Crippen LogP contribution in [0.25, 0.3) is 6.08 Å². The van der Waals surface area contributed by atoms with Gasteiger partial charge in [-0.1, -0.05) is 18.2 Å². The van der Waals surface area contributed by atoms with E-state index in [0.29, 0.717) is 23.7 Å². The molecule has 0 radical (unpaired) electrons. The zero-order chi connectivity index (χ0) is 23.6. The fraction of sp³-hybridized carbons (Fsp3) is 0.304. The summed E-state index contributed by atoms with van der Waals surface area (Å²) in [5.74, 6) is 0.567. The molecule has 0 aliphatic rings. The van der Waals surface area contributed by atoms with E-state index in [2.05, 4.69) is 0 Å². The average molecular weight is 460 g/mol. The molecule has 0 aliphatic carbocycles. The normalized spacial score (nSPS) is 11.5. The lowest BCUT2D eigenvalue weighted by molar-refractivity contribution is 0.104. The first kappa shape index (κ1) is 25.3. The quantitative estimate of drug-likeness (QED) is 0.287. The molecule has 0 fully saturated rings. The Morgan fingerprint density at radius 3 is 2.03 bits per heavy atom. The van der Waals surface area contributed by atoms with Crippen molar-refractivity contribution in [1.29, 1.82) is 0 Å². The highest BCUT2D eigenvalue weighted by Gasteiger charge is 2.37. The molecular weight excluding hydrogens is 430 g/mol. The minimum atomic E-state index is -2.77. The van der Waals surface area contributed by atoms with Crippen LogP contribution in [0, 0.1) is 0 Å². The first-order chi connectivity index (χ1) is 15.4. The lowest BCUT2D eigenvalue weighted by atomic mass is 10.1. The number of hydrogen-bond donors (Lipinski definition) is 1. The van der Waals surface area contributed by atoms with E-state index in [1.165, 1.54) is 32.3 Å². The van der Waals surface area contributed by atoms with Gasteiger partial charge in [-0.15, -0.1) is 0 Å². The minimum absolute atomic E-state index is 0.176. The number of carbonyl (C=O) groups is 2. The van der Waals surface area contributed by atoms with Crippen molar-refractivity contribution >= 4 is 32.4 Å². The molecule has 0 spiro atoms. The first-order valence-electron chi connectivity index (χ1n) is 10.0. The van der Waals surface area contributed by atoms with Gasteiger partial charge in [-0.2, -0.15) is 0 Å². The van der Waals surface area contributed by atoms with Crippen molar-refractivity contribution in [3.05, 3.63) is 65.7 Å². The Hall–Kier alpha value is -2.98. The Kier molecular flexibility index (Phi) is 9.60. The van der Waals surface area contributed by atoms with Gasteiger partial charge in [0.1, 0.15) is 5.75 Å². The molecule has 32 heavy (non-hydrogen) atoms. The first-order valence-corrected chi connectivity index (χ1v) is 11.9. The number of ketones is 1. The molecule has 0 bridgehead atoms. The Labute approximate surface area is 189 Å². The van der Waals surface area contributed by atoms with Gasteiger partial charge in [-0.05, 0) is 54.5 Å². The number of carbonyl (C=O) groups excluding carboxylic acids is 1. The van der Waals surface area contributed by atoms with Gasteiger partial charge in [0.05, 0.1) is 7.11 Å². The summed E-state index contributed by atoms with van der Waals surface area (Å²) in [4.78, 5) is 25.4. The molecule has 1 N–H and O–H groups in total. The van der Waals surface area contributed by atoms with Gasteiger partial charge in [0, 0.05) is 45.2 Å². The van der Waals surface area contributed by atoms with E-state index >= 15 is 0 Å². The van der Waals surface area contributed by atoms with Crippen molar-refractivity contribution in [3.8, 4) is 5.75 Å². The van der Waals surface area contributed by atoms with Crippen LogP contribution < -0.4 is 9.64 Å². The van der Waals surface area contributed by atoms with Crippen molar-refractivity contribution in [3.63, 3.8) is 0 Å². The molecule has 9 heteroatoms. The van der Waals surface area contributed by atoms with Crippen LogP contribution in [0.1, 0.15) is 22.3 Å². The number of nitrogens with zero attached hydrogens (tertiary/aromatic N) is 1. The zero-order valence-corrected chi connectivity index (χ0v) is 19.7. The second-order valence-corrected chi connectivity index (χ2v) is 9.94. The number of rotatable bonds is 12. The van der Waals surface area contributed by atoms with Crippen LogP contribution in [0.2, 0.25) is 6.04 Å². The van der Waals surface area contributed by atoms with Crippen LogP contribution in [0.4, 0.5) is 10.5 Å². The van der Waals surface area contributed by atoms with Crippen LogP contribution in [-0.2, 0) is 13.3 Å². The highest BCUT2D eigenvalue weighted by atomic mass is 28.4. The molecular formula is C23H29NO7Si. The van der Waals surface area contributed by atoms with Gasteiger partial charge in [-0.25, -0.2) is 4.79 Å². The summed E-state index contributed by atoms with van der Waals surface area (Å²) in [6.07, 6.45) is 2.62. The van der Waals surface area contributed by atoms with Crippen LogP contribution in [0.15, 0.2) is 54.6 Å². The summed E-state index contributed by atoms with van der Waals surface area (Å²) in [7, 11) is 3.39. The number of hydrogen-bond acceptors (Lipinski definition) is 6. The fourth-order valence-corrected chi connectivity index (χ4v) is 4.84. The van der Waals surface area contributed by atoms with Gasteiger partial charge in [0.15, 0.2) is 5.78 Å². The maximum atomic E-state index is 12.5. The predicted molar refractivity (Wildman–Crippen MR) is 124 cm³/mol. The van der Waals surface area contributed by atoms with E-state index in [4.69, 9.17) is 18.0 Å². The third-order valence-corrected chi connectivity index (χ3v) is 7.87. The van der Waals surface area contributed by atoms with E-state index in [9.17, 15) is 14.7 Å². The number of allylic oxidation sites excluding steroid dienone is 1. The standard InChI is InChI=1S/C23H29NO7Si/c1-28-21-13-6-18(7-14-21)8-15-22(25)19-9-11-20(12-10-19)24(23(26)27)16-5-17-32(29-2,30-3)31-4/h6-15H,5,16-17H2,1-4H3,(H,26,27)/b15-8+. The Bertz CT molecular complexity index is 901. The molecule has 0 unspecified atom stereocenters. The molecule has 2 aromatic rings. The lowest BCUT2D eigenvalue weighted by Gasteiger charge is -2.26. The molecule has 1 amide bonds. The molecule has 0 aromatic heterocycles. The molecule has 8 nitrogen and oxygen atoms in total. The van der Waals surface area contributed by atoms with E-state index in [-0.39, 0.29) is 12.3 Å². The number of anilines is 1. The van der Waals surface area contributed by atoms with E-state index in [1.54, 1.807) is 37.5 Å². The number of amides is 1. The van der Waals surface area contributed by atoms with E-state index in [0.717, 1.165) is 11.3 Å². The second-order valence-electron chi connectivity index (χ2n) is 6.85. The molecule has 0 aliphatic heterocycles. The Balaban J connectivity index is 2.03. The molecule has 2 rings (SSSR count). The number of methoxy groups -OCH3 is 1. The number of benzene rings is 2. The fourth-order valence-electron chi connectivity index (χ4n) is 3.13. The van der Waals surface area contributed by atoms with Crippen molar-refractivity contribution in [2.24, 2.45) is 0 Å². The summed E-state index contributed by atoms with van der Waals surface area (Å²) in [5.41, 5.74) is 1.82. The lowest BCUT2D eigenvalue weighted by Crippen LogP contribution is -2.43. The summed E-state index contributed by atoms with van der Waals surface area (Å²) in [6.45, 7) is 0.241. The Morgan fingerprint density at radius 1 is 0.938 bits per heavy atom. The van der Waals surface area contributed by atoms with Gasteiger partial charge in [0.25, 0.3) is 0 Å². The molecule has 2 aromatic carbocycles. The molecule has 172 valence electrons. The smallest absolute Gasteiger partial charge is 0.497 e. The maximum Gasteiger partial charge on any atom is 0.500 e. The number of carboxylic acid groups (broad SMARTS) is 1. The van der Waals surface area contributed by atoms with Crippen LogP contribution in [0.5, 0.6) is 5.75 Å². The van der Waals surface area contributed by atoms with Gasteiger partial charge >= 0.3 is 14.9 Å². The van der Waals surface area contributed by atoms with Crippen LogP contribution in [-0.4, -0.2) is 60.8 Å². The van der Waals surface area contributed by atoms with Crippen molar-refractivity contribution in [1.82, 2.24) is 0 Å². The SMILES string of the molecule is COc1ccc(/C=C/C(=O)c2ccc(N(CCC[Si](OC)(OC)OC)C(=O)O)cc2)cc1. The maximum absolute atomic E-state index is 12.5. The minimum Gasteiger partial charge on any atom is -0.497 e. The Morgan fingerprint density at radius 2 is 1.53 bits per heavy atom. The van der Waals surface area contributed by atoms with Crippen LogP contribution >= 0.6 is 0 Å². The van der Waals surface area contributed by atoms with E-state index < -0.39 is 14.9 Å². The summed E-state index contributed by atoms with van der Waals surface area (Å²) >= 11 is 0. The average Bonchev–Trinajstić information content (AvgIpc) is 2.83. The van der Waals surface area contributed by atoms with Gasteiger partial charge in [-0.3, -0.25) is 9.69 Å². The highest BCUT2D eigenvalue weighted by Crippen LogP contribution is 2.20. The largest absolute Gasteiger partial charge is 0.500 e. The van der Waals surface area contributed by atoms with Gasteiger partial charge < -0.3 is 23.1 Å². The molecule has 0 saturated carbocycles. The summed E-state index contributed by atoms with van der Waals surface area (Å²) < 4.78 is 21.2. The second kappa shape index (κ2) is 12.2. The van der Waals surface area contributed by atoms with E-state index in [1.807, 2.05) is 24.3 Å². The van der Waals surface area contributed by atoms with Crippen LogP contribution in [0.3, 0.4) is 0 Å². The molecule has 0 atom stereocenters. The summed E-state index contributed by atoms with van der Waals surface area (Å²) in [5, 5.41) is 9.61. The molecule has 0 heterocycles. The highest BCUT2D eigenvalue weighted by molar-refractivity contribution is 6.60. The third kappa shape index (κ3) is 6.76. The van der Waals surface area contributed by atoms with Crippen molar-refractivity contribution in [2.75, 3.05) is 39.9 Å². The predicted octanol–water partition coefficient (Wildman–Crippen LogP) is 4.34. The topological polar surface area (TPSA) is 94.5 Å². The third-order valence-electron chi connectivity index (χ3n) is 5.04. The number of ether oxygens (including phenoxy) is 1. The zero-order valence-electron chi connectivity index (χ0n) is 18.7. The summed E-state index contributed by atoms with van der Waals surface area (Å²) in [6, 6.07) is 14.3.